The molecule has 0 saturated heterocycles. The molecule has 0 amide bonds. The summed E-state index contributed by atoms with van der Waals surface area (Å²) >= 11 is 2.87. The molecule has 1 rings (SSSR count). The Labute approximate surface area is 101 Å². The van der Waals surface area contributed by atoms with Crippen LogP contribution in [0.4, 0.5) is 13.2 Å². The first-order valence-corrected chi connectivity index (χ1v) is 4.76. The molecule has 90 valence electrons. The number of hydrogen-bond acceptors (Lipinski definition) is 3. The van der Waals surface area contributed by atoms with Crippen LogP contribution in [0.15, 0.2) is 16.6 Å². The summed E-state index contributed by atoms with van der Waals surface area (Å²) in [4.78, 5) is 10.7. The molecule has 0 aliphatic rings. The smallest absolute Gasteiger partial charge is 0.478 e. The molecule has 0 aliphatic carbocycles. The molecule has 0 saturated carbocycles. The maximum atomic E-state index is 12.0. The lowest BCUT2D eigenvalue weighted by atomic mass is 10.1. The second-order valence-electron chi connectivity index (χ2n) is 2.79. The van der Waals surface area contributed by atoms with E-state index in [2.05, 4.69) is 20.7 Å². The van der Waals surface area contributed by atoms with Crippen molar-refractivity contribution in [2.45, 2.75) is 6.36 Å². The Morgan fingerprint density at radius 3 is 2.47 bits per heavy atom. The van der Waals surface area contributed by atoms with Gasteiger partial charge >= 0.3 is 12.3 Å². The van der Waals surface area contributed by atoms with E-state index < -0.39 is 23.6 Å². The quantitative estimate of drug-likeness (QED) is 0.912. The number of hydrogen-bond donors (Lipinski definition) is 1. The number of halogens is 4. The van der Waals surface area contributed by atoms with Gasteiger partial charge in [0.2, 0.25) is 0 Å². The molecule has 0 atom stereocenters. The number of alkyl halides is 3. The van der Waals surface area contributed by atoms with Gasteiger partial charge in [0.05, 0.1) is 5.56 Å². The van der Waals surface area contributed by atoms with E-state index >= 15 is 0 Å². The fourth-order valence-corrected chi connectivity index (χ4v) is 1.45. The van der Waals surface area contributed by atoms with Crippen molar-refractivity contribution >= 4 is 21.9 Å². The Morgan fingerprint density at radius 1 is 1.47 bits per heavy atom. The van der Waals surface area contributed by atoms with Crippen LogP contribution in [0.25, 0.3) is 0 Å². The van der Waals surface area contributed by atoms with E-state index in [-0.39, 0.29) is 10.0 Å². The summed E-state index contributed by atoms with van der Waals surface area (Å²) in [7, 11) is 0. The number of rotatable bonds is 2. The molecule has 0 aliphatic heterocycles. The Morgan fingerprint density at radius 2 is 2.06 bits per heavy atom. The number of nitrogens with zero attached hydrogens (tertiary/aromatic N) is 1. The number of ether oxygens (including phenoxy) is 1. The molecular formula is C9H3BrF3NO3. The predicted molar refractivity (Wildman–Crippen MR) is 52.5 cm³/mol. The van der Waals surface area contributed by atoms with Gasteiger partial charge in [-0.25, -0.2) is 4.79 Å². The van der Waals surface area contributed by atoms with Crippen LogP contribution in [0.5, 0.6) is 5.75 Å². The highest BCUT2D eigenvalue weighted by Crippen LogP contribution is 2.31. The highest BCUT2D eigenvalue weighted by Gasteiger charge is 2.33. The second-order valence-corrected chi connectivity index (χ2v) is 3.65. The van der Waals surface area contributed by atoms with Crippen LogP contribution >= 0.6 is 15.9 Å². The van der Waals surface area contributed by atoms with Crippen molar-refractivity contribution in [3.05, 3.63) is 27.7 Å². The van der Waals surface area contributed by atoms with Gasteiger partial charge in [-0.1, -0.05) is 0 Å². The molecule has 17 heavy (non-hydrogen) atoms. The van der Waals surface area contributed by atoms with Crippen LogP contribution < -0.4 is 4.74 Å². The Hall–Kier alpha value is -1.75. The Kier molecular flexibility index (Phi) is 3.63. The third kappa shape index (κ3) is 3.35. The van der Waals surface area contributed by atoms with Crippen molar-refractivity contribution in [3.8, 4) is 11.8 Å². The number of nitriles is 1. The van der Waals surface area contributed by atoms with Gasteiger partial charge in [0.15, 0.2) is 0 Å². The summed E-state index contributed by atoms with van der Waals surface area (Å²) in [5.74, 6) is -2.51. The molecule has 0 spiro atoms. The molecule has 0 heterocycles. The Bertz CT molecular complexity index is 507. The number of benzene rings is 1. The number of carboxylic acid groups (broad SMARTS) is 1. The lowest BCUT2D eigenvalue weighted by molar-refractivity contribution is -0.274. The van der Waals surface area contributed by atoms with Gasteiger partial charge in [-0.05, 0) is 22.0 Å². The number of aromatic carboxylic acids is 1. The fraction of sp³-hybridized carbons (Fsp3) is 0.111. The molecular weight excluding hydrogens is 307 g/mol. The van der Waals surface area contributed by atoms with Gasteiger partial charge in [-0.2, -0.15) is 5.26 Å². The number of carbonyl (C=O) groups is 1. The van der Waals surface area contributed by atoms with E-state index in [9.17, 15) is 18.0 Å². The molecule has 0 aromatic heterocycles. The third-order valence-corrected chi connectivity index (χ3v) is 2.30. The van der Waals surface area contributed by atoms with Crippen molar-refractivity contribution in [2.24, 2.45) is 0 Å². The Balaban J connectivity index is 3.35. The minimum Gasteiger partial charge on any atom is -0.478 e. The molecule has 0 bridgehead atoms. The highest BCUT2D eigenvalue weighted by atomic mass is 79.9. The van der Waals surface area contributed by atoms with Crippen LogP contribution in [0, 0.1) is 11.3 Å². The summed E-state index contributed by atoms with van der Waals surface area (Å²) in [5, 5.41) is 17.3. The molecule has 0 fully saturated rings. The van der Waals surface area contributed by atoms with Crippen molar-refractivity contribution in [1.82, 2.24) is 0 Å². The topological polar surface area (TPSA) is 70.3 Å². The molecule has 0 radical (unpaired) electrons. The van der Waals surface area contributed by atoms with Crippen LogP contribution in [0.3, 0.4) is 0 Å². The standard InChI is InChI=1S/C9H3BrF3NO3/c10-6-2-5(8(15)16)7(1-4(6)3-14)17-9(11,12)13/h1-2H,(H,15,16). The largest absolute Gasteiger partial charge is 0.573 e. The third-order valence-electron chi connectivity index (χ3n) is 1.65. The van der Waals surface area contributed by atoms with Crippen LogP contribution in [-0.4, -0.2) is 17.4 Å². The molecule has 1 aromatic carbocycles. The van der Waals surface area contributed by atoms with Gasteiger partial charge in [0.25, 0.3) is 0 Å². The van der Waals surface area contributed by atoms with Crippen LogP contribution in [-0.2, 0) is 0 Å². The zero-order valence-corrected chi connectivity index (χ0v) is 9.46. The second kappa shape index (κ2) is 4.63. The van der Waals surface area contributed by atoms with Gasteiger partial charge in [0.1, 0.15) is 17.4 Å². The molecule has 1 N–H and O–H groups in total. The SMILES string of the molecule is N#Cc1cc(OC(F)(F)F)c(C(=O)O)cc1Br. The zero-order valence-electron chi connectivity index (χ0n) is 7.88. The normalized spacial score (nSPS) is 10.8. The fourth-order valence-electron chi connectivity index (χ4n) is 1.02. The van der Waals surface area contributed by atoms with E-state index in [1.807, 2.05) is 0 Å². The van der Waals surface area contributed by atoms with Gasteiger partial charge in [-0.3, -0.25) is 0 Å². The minimum absolute atomic E-state index is 0.0759. The lowest BCUT2D eigenvalue weighted by Gasteiger charge is -2.12. The average Bonchev–Trinajstić information content (AvgIpc) is 2.17. The molecule has 0 unspecified atom stereocenters. The predicted octanol–water partition coefficient (Wildman–Crippen LogP) is 2.92. The summed E-state index contributed by atoms with van der Waals surface area (Å²) in [5.41, 5.74) is -0.845. The maximum Gasteiger partial charge on any atom is 0.573 e. The van der Waals surface area contributed by atoms with Gasteiger partial charge in [-0.15, -0.1) is 13.2 Å². The van der Waals surface area contributed by atoms with Crippen LogP contribution in [0.2, 0.25) is 0 Å². The first kappa shape index (κ1) is 13.3. The average molecular weight is 310 g/mol. The summed E-state index contributed by atoms with van der Waals surface area (Å²) in [6, 6.07) is 3.19. The summed E-state index contributed by atoms with van der Waals surface area (Å²) in [6.45, 7) is 0. The first-order valence-electron chi connectivity index (χ1n) is 3.97. The van der Waals surface area contributed by atoms with E-state index in [0.29, 0.717) is 6.07 Å². The van der Waals surface area contributed by atoms with Crippen LogP contribution in [0.1, 0.15) is 15.9 Å². The van der Waals surface area contributed by atoms with E-state index in [0.717, 1.165) is 6.07 Å². The number of carboxylic acids is 1. The highest BCUT2D eigenvalue weighted by molar-refractivity contribution is 9.10. The molecule has 8 heteroatoms. The molecule has 1 aromatic rings. The lowest BCUT2D eigenvalue weighted by Crippen LogP contribution is -2.19. The summed E-state index contributed by atoms with van der Waals surface area (Å²) in [6.07, 6.45) is -5.02. The van der Waals surface area contributed by atoms with Gasteiger partial charge in [0, 0.05) is 10.5 Å². The monoisotopic (exact) mass is 309 g/mol. The van der Waals surface area contributed by atoms with Crippen molar-refractivity contribution in [3.63, 3.8) is 0 Å². The van der Waals surface area contributed by atoms with Crippen molar-refractivity contribution in [1.29, 1.82) is 5.26 Å². The summed E-state index contributed by atoms with van der Waals surface area (Å²) < 4.78 is 39.6. The van der Waals surface area contributed by atoms with Crippen molar-refractivity contribution in [2.75, 3.05) is 0 Å². The van der Waals surface area contributed by atoms with Crippen molar-refractivity contribution < 1.29 is 27.8 Å². The maximum absolute atomic E-state index is 12.0. The van der Waals surface area contributed by atoms with E-state index in [1.54, 1.807) is 6.07 Å². The minimum atomic E-state index is -5.02. The first-order chi connectivity index (χ1) is 7.74. The zero-order chi connectivity index (χ0) is 13.2. The van der Waals surface area contributed by atoms with Gasteiger partial charge < -0.3 is 9.84 Å². The van der Waals surface area contributed by atoms with E-state index in [1.165, 1.54) is 0 Å². The molecule has 4 nitrogen and oxygen atoms in total. The van der Waals surface area contributed by atoms with E-state index in [4.69, 9.17) is 10.4 Å².